The van der Waals surface area contributed by atoms with Crippen molar-refractivity contribution in [1.82, 2.24) is 0 Å². The second-order valence-corrected chi connectivity index (χ2v) is 8.58. The molecule has 11 heavy (non-hydrogen) atoms. The lowest BCUT2D eigenvalue weighted by Crippen LogP contribution is -2.48. The zero-order chi connectivity index (χ0) is 8.32. The molecule has 1 fully saturated rings. The molecule has 5 heteroatoms. The molecule has 2 atom stereocenters. The molecular formula is C6H16O3Si2. The van der Waals surface area contributed by atoms with Gasteiger partial charge >= 0.3 is 17.8 Å². The van der Waals surface area contributed by atoms with Crippen molar-refractivity contribution in [2.24, 2.45) is 0 Å². The zero-order valence-corrected chi connectivity index (χ0v) is 9.32. The van der Waals surface area contributed by atoms with Crippen molar-refractivity contribution in [1.29, 1.82) is 0 Å². The molecule has 0 aliphatic carbocycles. The van der Waals surface area contributed by atoms with Gasteiger partial charge in [-0.05, 0) is 12.6 Å². The number of hydrogen-bond acceptors (Lipinski definition) is 3. The van der Waals surface area contributed by atoms with Gasteiger partial charge in [-0.15, -0.1) is 0 Å². The molecule has 1 aliphatic rings. The van der Waals surface area contributed by atoms with Crippen molar-refractivity contribution in [3.05, 3.63) is 0 Å². The molecule has 0 bridgehead atoms. The smallest absolute Gasteiger partial charge is 0.325 e. The lowest BCUT2D eigenvalue weighted by molar-refractivity contribution is 0.204. The third-order valence-electron chi connectivity index (χ3n) is 1.86. The van der Waals surface area contributed by atoms with Crippen LogP contribution in [0.2, 0.25) is 18.6 Å². The summed E-state index contributed by atoms with van der Waals surface area (Å²) >= 11 is 0. The van der Waals surface area contributed by atoms with E-state index >= 15 is 0 Å². The van der Waals surface area contributed by atoms with E-state index in [2.05, 4.69) is 6.92 Å². The van der Waals surface area contributed by atoms with Gasteiger partial charge in [-0.1, -0.05) is 13.3 Å². The number of rotatable bonds is 2. The van der Waals surface area contributed by atoms with Crippen LogP contribution in [0.3, 0.4) is 0 Å². The molecule has 0 spiro atoms. The van der Waals surface area contributed by atoms with E-state index in [1.807, 2.05) is 6.55 Å². The molecule has 0 saturated carbocycles. The summed E-state index contributed by atoms with van der Waals surface area (Å²) in [6, 6.07) is 1.77. The Labute approximate surface area is 70.4 Å². The third-order valence-corrected chi connectivity index (χ3v) is 7.90. The SMILES string of the molecule is CCC[Si]1(C)OCC[SiH](O)O1. The second kappa shape index (κ2) is 3.82. The monoisotopic (exact) mass is 192 g/mol. The van der Waals surface area contributed by atoms with E-state index in [4.69, 9.17) is 8.54 Å². The first kappa shape index (κ1) is 9.40. The highest BCUT2D eigenvalue weighted by Gasteiger charge is 2.37. The van der Waals surface area contributed by atoms with Gasteiger partial charge < -0.3 is 13.3 Å². The fourth-order valence-corrected chi connectivity index (χ4v) is 7.02. The average molecular weight is 192 g/mol. The first-order valence-corrected chi connectivity index (χ1v) is 8.49. The number of hydrogen-bond donors (Lipinski definition) is 1. The van der Waals surface area contributed by atoms with Crippen LogP contribution in [0.5, 0.6) is 0 Å². The maximum atomic E-state index is 9.34. The third kappa shape index (κ3) is 2.68. The molecule has 0 aromatic rings. The predicted molar refractivity (Wildman–Crippen MR) is 47.9 cm³/mol. The molecule has 1 heterocycles. The van der Waals surface area contributed by atoms with E-state index in [0.717, 1.165) is 25.1 Å². The minimum atomic E-state index is -1.89. The molecule has 66 valence electrons. The molecule has 1 rings (SSSR count). The van der Waals surface area contributed by atoms with Crippen LogP contribution in [0.15, 0.2) is 0 Å². The fraction of sp³-hybridized carbons (Fsp3) is 1.00. The topological polar surface area (TPSA) is 38.7 Å². The van der Waals surface area contributed by atoms with E-state index in [1.54, 1.807) is 0 Å². The van der Waals surface area contributed by atoms with Crippen LogP contribution in [0.1, 0.15) is 13.3 Å². The quantitative estimate of drug-likeness (QED) is 0.656. The van der Waals surface area contributed by atoms with E-state index in [0.29, 0.717) is 0 Å². The standard InChI is InChI=1S/C6H16O3Si2/c1-3-6-11(2)8-4-5-10(7)9-11/h7,10H,3-6H2,1-2H3. The molecule has 1 N–H and O–H groups in total. The van der Waals surface area contributed by atoms with E-state index in [-0.39, 0.29) is 0 Å². The van der Waals surface area contributed by atoms with E-state index in [9.17, 15) is 4.80 Å². The minimum absolute atomic E-state index is 0.718. The molecule has 0 aromatic carbocycles. The summed E-state index contributed by atoms with van der Waals surface area (Å²) in [7, 11) is -3.70. The van der Waals surface area contributed by atoms with Crippen molar-refractivity contribution < 1.29 is 13.3 Å². The Bertz CT molecular complexity index is 129. The molecule has 3 nitrogen and oxygen atoms in total. The van der Waals surface area contributed by atoms with Crippen molar-refractivity contribution in [2.45, 2.75) is 32.0 Å². The summed E-state index contributed by atoms with van der Waals surface area (Å²) in [4.78, 5) is 9.34. The summed E-state index contributed by atoms with van der Waals surface area (Å²) in [5.74, 6) is 0. The van der Waals surface area contributed by atoms with Crippen LogP contribution in [-0.4, -0.2) is 29.2 Å². The normalized spacial score (nSPS) is 39.0. The summed E-state index contributed by atoms with van der Waals surface area (Å²) in [5, 5.41) is 0. The lowest BCUT2D eigenvalue weighted by atomic mass is 10.6. The summed E-state index contributed by atoms with van der Waals surface area (Å²) in [6.07, 6.45) is 1.09. The highest BCUT2D eigenvalue weighted by molar-refractivity contribution is 6.73. The van der Waals surface area contributed by atoms with E-state index in [1.165, 1.54) is 0 Å². The fourth-order valence-electron chi connectivity index (χ4n) is 1.34. The average Bonchev–Trinajstić information content (AvgIpc) is 1.86. The van der Waals surface area contributed by atoms with Gasteiger partial charge in [0.25, 0.3) is 0 Å². The molecule has 0 radical (unpaired) electrons. The van der Waals surface area contributed by atoms with Gasteiger partial charge in [0, 0.05) is 12.7 Å². The molecular weight excluding hydrogens is 176 g/mol. The van der Waals surface area contributed by atoms with Crippen LogP contribution in [-0.2, 0) is 8.54 Å². The van der Waals surface area contributed by atoms with Crippen molar-refractivity contribution >= 4 is 17.8 Å². The Morgan fingerprint density at radius 3 is 2.91 bits per heavy atom. The summed E-state index contributed by atoms with van der Waals surface area (Å²) in [5.41, 5.74) is 0. The molecule has 2 unspecified atom stereocenters. The lowest BCUT2D eigenvalue weighted by Gasteiger charge is -2.33. The summed E-state index contributed by atoms with van der Waals surface area (Å²) in [6.45, 7) is 4.88. The molecule has 0 aromatic heterocycles. The highest BCUT2D eigenvalue weighted by atomic mass is 28.4. The Morgan fingerprint density at radius 2 is 2.36 bits per heavy atom. The van der Waals surface area contributed by atoms with Crippen molar-refractivity contribution in [3.8, 4) is 0 Å². The van der Waals surface area contributed by atoms with Crippen LogP contribution in [0.4, 0.5) is 0 Å². The van der Waals surface area contributed by atoms with Crippen molar-refractivity contribution in [3.63, 3.8) is 0 Å². The van der Waals surface area contributed by atoms with Gasteiger partial charge in [-0.2, -0.15) is 0 Å². The molecule has 1 saturated heterocycles. The van der Waals surface area contributed by atoms with Gasteiger partial charge in [0.1, 0.15) is 0 Å². The van der Waals surface area contributed by atoms with Crippen LogP contribution in [0, 0.1) is 0 Å². The van der Waals surface area contributed by atoms with E-state index < -0.39 is 17.8 Å². The second-order valence-electron chi connectivity index (χ2n) is 3.09. The largest absolute Gasteiger partial charge is 0.417 e. The maximum Gasteiger partial charge on any atom is 0.325 e. The summed E-state index contributed by atoms with van der Waals surface area (Å²) < 4.78 is 11.1. The predicted octanol–water partition coefficient (Wildman–Crippen LogP) is 0.728. The van der Waals surface area contributed by atoms with Gasteiger partial charge in [0.15, 0.2) is 0 Å². The Hall–Kier alpha value is 0.314. The molecule has 1 aliphatic heterocycles. The van der Waals surface area contributed by atoms with Crippen LogP contribution in [0.25, 0.3) is 0 Å². The van der Waals surface area contributed by atoms with Gasteiger partial charge in [-0.3, -0.25) is 0 Å². The van der Waals surface area contributed by atoms with Crippen LogP contribution >= 0.6 is 0 Å². The minimum Gasteiger partial charge on any atom is -0.417 e. The highest BCUT2D eigenvalue weighted by Crippen LogP contribution is 2.21. The van der Waals surface area contributed by atoms with Crippen molar-refractivity contribution in [2.75, 3.05) is 6.61 Å². The maximum absolute atomic E-state index is 9.34. The first-order valence-electron chi connectivity index (χ1n) is 4.16. The van der Waals surface area contributed by atoms with Gasteiger partial charge in [0.2, 0.25) is 0 Å². The Morgan fingerprint density at radius 1 is 1.64 bits per heavy atom. The van der Waals surface area contributed by atoms with Crippen LogP contribution < -0.4 is 0 Å². The van der Waals surface area contributed by atoms with Gasteiger partial charge in [-0.25, -0.2) is 0 Å². The zero-order valence-electron chi connectivity index (χ0n) is 7.17. The molecule has 0 amide bonds. The van der Waals surface area contributed by atoms with Gasteiger partial charge in [0.05, 0.1) is 0 Å². The Balaban J connectivity index is 2.41. The first-order chi connectivity index (χ1) is 5.16. The Kier molecular flexibility index (Phi) is 3.26.